The summed E-state index contributed by atoms with van der Waals surface area (Å²) in [6.07, 6.45) is 4.27. The van der Waals surface area contributed by atoms with Gasteiger partial charge in [0.2, 0.25) is 0 Å². The maximum absolute atomic E-state index is 9.55. The van der Waals surface area contributed by atoms with Crippen molar-refractivity contribution in [1.82, 2.24) is 4.57 Å². The molecule has 0 unspecified atom stereocenters. The van der Waals surface area contributed by atoms with Gasteiger partial charge in [-0.2, -0.15) is 0 Å². The van der Waals surface area contributed by atoms with E-state index in [0.717, 1.165) is 18.7 Å². The van der Waals surface area contributed by atoms with Gasteiger partial charge in [0.1, 0.15) is 5.75 Å². The normalized spacial score (nSPS) is 12.7. The predicted octanol–water partition coefficient (Wildman–Crippen LogP) is 2.13. The van der Waals surface area contributed by atoms with Gasteiger partial charge in [-0.25, -0.2) is 9.59 Å². The maximum Gasteiger partial charge on any atom is 0.328 e. The highest BCUT2D eigenvalue weighted by atomic mass is 16.5. The van der Waals surface area contributed by atoms with Crippen LogP contribution in [0.5, 0.6) is 5.75 Å². The zero-order valence-corrected chi connectivity index (χ0v) is 14.7. The van der Waals surface area contributed by atoms with Crippen LogP contribution in [0.15, 0.2) is 42.6 Å². The molecule has 2 aromatic rings. The molecule has 0 bridgehead atoms. The molecule has 1 aromatic heterocycles. The summed E-state index contributed by atoms with van der Waals surface area (Å²) in [6.45, 7) is 2.89. The number of nitrogens with zero attached hydrogens (tertiary/aromatic N) is 1. The Bertz CT molecular complexity index is 820. The minimum atomic E-state index is -1.26. The first kappa shape index (κ1) is 19.3. The summed E-state index contributed by atoms with van der Waals surface area (Å²) in [7, 11) is 1.71. The zero-order valence-electron chi connectivity index (χ0n) is 14.7. The van der Waals surface area contributed by atoms with Crippen LogP contribution in [0.1, 0.15) is 18.1 Å². The molecule has 1 aliphatic rings. The van der Waals surface area contributed by atoms with Gasteiger partial charge in [-0.05, 0) is 36.2 Å². The minimum Gasteiger partial charge on any atom is -0.497 e. The van der Waals surface area contributed by atoms with E-state index in [-0.39, 0.29) is 6.04 Å². The molecule has 7 heteroatoms. The summed E-state index contributed by atoms with van der Waals surface area (Å²) in [4.78, 5) is 19.1. The number of hydrogen-bond donors (Lipinski definition) is 3. The summed E-state index contributed by atoms with van der Waals surface area (Å²) < 4.78 is 7.57. The minimum absolute atomic E-state index is 0.163. The van der Waals surface area contributed by atoms with E-state index in [9.17, 15) is 9.59 Å². The molecule has 0 spiro atoms. The van der Waals surface area contributed by atoms with Gasteiger partial charge in [-0.3, -0.25) is 0 Å². The third kappa shape index (κ3) is 4.73. The van der Waals surface area contributed by atoms with E-state index >= 15 is 0 Å². The van der Waals surface area contributed by atoms with Crippen molar-refractivity contribution < 1.29 is 24.5 Å². The first-order valence-corrected chi connectivity index (χ1v) is 8.06. The van der Waals surface area contributed by atoms with Crippen LogP contribution >= 0.6 is 0 Å². The molecule has 7 nitrogen and oxygen atoms in total. The van der Waals surface area contributed by atoms with Crippen LogP contribution in [0.2, 0.25) is 0 Å². The number of ether oxygens (including phenoxy) is 1. The Labute approximate surface area is 151 Å². The molecule has 26 heavy (non-hydrogen) atoms. The van der Waals surface area contributed by atoms with Crippen LogP contribution < -0.4 is 10.5 Å². The zero-order chi connectivity index (χ0) is 19.3. The Morgan fingerprint density at radius 1 is 1.23 bits per heavy atom. The van der Waals surface area contributed by atoms with Gasteiger partial charge in [0.15, 0.2) is 0 Å². The molecule has 0 radical (unpaired) electrons. The highest BCUT2D eigenvalue weighted by molar-refractivity contribution is 5.89. The van der Waals surface area contributed by atoms with Gasteiger partial charge in [-0.15, -0.1) is 0 Å². The van der Waals surface area contributed by atoms with Crippen molar-refractivity contribution >= 4 is 11.9 Å². The average Bonchev–Trinajstić information content (AvgIpc) is 3.12. The highest BCUT2D eigenvalue weighted by Gasteiger charge is 2.22. The smallest absolute Gasteiger partial charge is 0.328 e. The Morgan fingerprint density at radius 2 is 1.88 bits per heavy atom. The van der Waals surface area contributed by atoms with E-state index in [1.807, 2.05) is 13.0 Å². The summed E-state index contributed by atoms with van der Waals surface area (Å²) in [5, 5.41) is 15.6. The molecule has 0 fully saturated rings. The fourth-order valence-electron chi connectivity index (χ4n) is 2.86. The summed E-state index contributed by atoms with van der Waals surface area (Å²) in [5.41, 5.74) is 11.3. The first-order valence-electron chi connectivity index (χ1n) is 8.06. The van der Waals surface area contributed by atoms with Gasteiger partial charge < -0.3 is 25.3 Å². The third-order valence-electron chi connectivity index (χ3n) is 3.85. The number of aliphatic carboxylic acids is 2. The van der Waals surface area contributed by atoms with E-state index in [1.165, 1.54) is 22.4 Å². The lowest BCUT2D eigenvalue weighted by molar-refractivity contribution is -0.134. The second-order valence-electron chi connectivity index (χ2n) is 6.03. The van der Waals surface area contributed by atoms with Crippen LogP contribution in [-0.2, 0) is 22.6 Å². The molecule has 138 valence electrons. The van der Waals surface area contributed by atoms with Crippen molar-refractivity contribution in [3.63, 3.8) is 0 Å². The number of fused-ring (bicyclic) bond motifs is 3. The number of nitrogens with two attached hydrogens (primary N) is 1. The Kier molecular flexibility index (Phi) is 6.19. The van der Waals surface area contributed by atoms with Crippen molar-refractivity contribution in [2.75, 3.05) is 7.11 Å². The largest absolute Gasteiger partial charge is 0.497 e. The molecule has 3 rings (SSSR count). The molecule has 0 saturated heterocycles. The van der Waals surface area contributed by atoms with Gasteiger partial charge >= 0.3 is 11.9 Å². The Balaban J connectivity index is 0.000000260. The maximum atomic E-state index is 9.55. The van der Waals surface area contributed by atoms with Gasteiger partial charge in [-0.1, -0.05) is 6.07 Å². The van der Waals surface area contributed by atoms with Crippen LogP contribution in [-0.4, -0.2) is 39.9 Å². The predicted molar refractivity (Wildman–Crippen MR) is 97.3 cm³/mol. The second-order valence-corrected chi connectivity index (χ2v) is 6.03. The van der Waals surface area contributed by atoms with Gasteiger partial charge in [0, 0.05) is 42.9 Å². The van der Waals surface area contributed by atoms with E-state index in [1.54, 1.807) is 7.11 Å². The van der Waals surface area contributed by atoms with Crippen molar-refractivity contribution in [3.05, 3.63) is 53.7 Å². The van der Waals surface area contributed by atoms with E-state index in [0.29, 0.717) is 12.2 Å². The van der Waals surface area contributed by atoms with E-state index < -0.39 is 11.9 Å². The molecule has 0 aliphatic heterocycles. The van der Waals surface area contributed by atoms with Gasteiger partial charge in [0.05, 0.1) is 12.8 Å². The van der Waals surface area contributed by atoms with Crippen LogP contribution in [0.4, 0.5) is 0 Å². The summed E-state index contributed by atoms with van der Waals surface area (Å²) in [5.74, 6) is -1.60. The standard InChI is InChI=1S/C15H18N2O.C4H4O4/c1-10(16)9-17-6-5-12-7-11-3-4-13(18-2)8-14(11)15(12)17;5-3(6)1-2-4(7)8/h3-6,8,10H,7,9,16H2,1-2H3;1-2H,(H,5,6)(H,7,8)/b;2-1+/t10-;/m0./s1. The Hall–Kier alpha value is -3.06. The number of carboxylic acid groups (broad SMARTS) is 2. The molecular formula is C19H22N2O5. The quantitative estimate of drug-likeness (QED) is 0.602. The van der Waals surface area contributed by atoms with Crippen LogP contribution in [0.3, 0.4) is 0 Å². The number of carbonyl (C=O) groups is 2. The van der Waals surface area contributed by atoms with Crippen molar-refractivity contribution in [2.24, 2.45) is 5.73 Å². The fraction of sp³-hybridized carbons (Fsp3) is 0.263. The van der Waals surface area contributed by atoms with E-state index in [2.05, 4.69) is 29.0 Å². The Morgan fingerprint density at radius 3 is 2.42 bits per heavy atom. The number of hydrogen-bond acceptors (Lipinski definition) is 4. The topological polar surface area (TPSA) is 115 Å². The summed E-state index contributed by atoms with van der Waals surface area (Å²) >= 11 is 0. The molecule has 1 heterocycles. The molecule has 0 saturated carbocycles. The molecule has 1 aliphatic carbocycles. The third-order valence-corrected chi connectivity index (χ3v) is 3.85. The fourth-order valence-corrected chi connectivity index (χ4v) is 2.86. The molecule has 0 amide bonds. The first-order chi connectivity index (χ1) is 12.3. The monoisotopic (exact) mass is 358 g/mol. The highest BCUT2D eigenvalue weighted by Crippen LogP contribution is 2.39. The van der Waals surface area contributed by atoms with Crippen LogP contribution in [0.25, 0.3) is 11.3 Å². The van der Waals surface area contributed by atoms with Crippen molar-refractivity contribution in [3.8, 4) is 17.0 Å². The SMILES string of the molecule is COc1ccc2c(c1)-c1c(ccn1C[C@H](C)N)C2.O=C(O)/C=C/C(=O)O. The summed E-state index contributed by atoms with van der Waals surface area (Å²) in [6, 6.07) is 8.67. The number of carboxylic acids is 2. The van der Waals surface area contributed by atoms with Crippen molar-refractivity contribution in [1.29, 1.82) is 0 Å². The molecule has 1 aromatic carbocycles. The van der Waals surface area contributed by atoms with Gasteiger partial charge in [0.25, 0.3) is 0 Å². The number of methoxy groups -OCH3 is 1. The molecule has 4 N–H and O–H groups in total. The average molecular weight is 358 g/mol. The molecule has 1 atom stereocenters. The molecular weight excluding hydrogens is 336 g/mol. The number of aromatic nitrogens is 1. The lowest BCUT2D eigenvalue weighted by atomic mass is 10.1. The van der Waals surface area contributed by atoms with E-state index in [4.69, 9.17) is 20.7 Å². The lowest BCUT2D eigenvalue weighted by Crippen LogP contribution is -2.22. The van der Waals surface area contributed by atoms with Crippen molar-refractivity contribution in [2.45, 2.75) is 25.9 Å². The van der Waals surface area contributed by atoms with Crippen LogP contribution in [0, 0.1) is 0 Å². The second kappa shape index (κ2) is 8.35. The number of benzene rings is 1. The lowest BCUT2D eigenvalue weighted by Gasteiger charge is -2.12. The number of rotatable bonds is 5.